The highest BCUT2D eigenvalue weighted by Crippen LogP contribution is 2.25. The maximum Gasteiger partial charge on any atom is 0.266 e. The van der Waals surface area contributed by atoms with E-state index in [9.17, 15) is 9.59 Å². The summed E-state index contributed by atoms with van der Waals surface area (Å²) in [5, 5.41) is 4.66. The molecule has 0 aliphatic rings. The van der Waals surface area contributed by atoms with E-state index < -0.39 is 0 Å². The lowest BCUT2D eigenvalue weighted by atomic mass is 10.2. The van der Waals surface area contributed by atoms with Gasteiger partial charge in [-0.1, -0.05) is 59.2 Å². The van der Waals surface area contributed by atoms with Gasteiger partial charge in [-0.05, 0) is 55.0 Å². The number of aromatic nitrogens is 2. The van der Waals surface area contributed by atoms with Gasteiger partial charge in [-0.15, -0.1) is 0 Å². The number of para-hydroxylation sites is 1. The van der Waals surface area contributed by atoms with Crippen LogP contribution >= 0.6 is 35.0 Å². The number of carbonyl (C=O) groups is 1. The molecule has 0 spiro atoms. The SMILES string of the molecule is Cc1ccc(NC(=O)CSc2nc3ccccc3c(=O)n2-c2cccc(Cl)c2)c(Cl)c1. The third-order valence-corrected chi connectivity index (χ3v) is 6.03. The van der Waals surface area contributed by atoms with Crippen molar-refractivity contribution in [3.63, 3.8) is 0 Å². The number of hydrogen-bond acceptors (Lipinski definition) is 4. The first kappa shape index (κ1) is 21.4. The highest BCUT2D eigenvalue weighted by atomic mass is 35.5. The van der Waals surface area contributed by atoms with Crippen LogP contribution in [-0.4, -0.2) is 21.2 Å². The minimum Gasteiger partial charge on any atom is -0.324 e. The van der Waals surface area contributed by atoms with Crippen LogP contribution in [-0.2, 0) is 4.79 Å². The molecule has 0 atom stereocenters. The number of thioether (sulfide) groups is 1. The molecule has 0 bridgehead atoms. The summed E-state index contributed by atoms with van der Waals surface area (Å²) in [7, 11) is 0. The maximum atomic E-state index is 13.2. The van der Waals surface area contributed by atoms with E-state index >= 15 is 0 Å². The van der Waals surface area contributed by atoms with Crippen LogP contribution in [0.25, 0.3) is 16.6 Å². The molecule has 0 saturated heterocycles. The lowest BCUT2D eigenvalue weighted by Gasteiger charge is -2.14. The Morgan fingerprint density at radius 1 is 1.06 bits per heavy atom. The molecular weight excluding hydrogens is 453 g/mol. The molecule has 156 valence electrons. The lowest BCUT2D eigenvalue weighted by Crippen LogP contribution is -2.23. The number of benzene rings is 3. The van der Waals surface area contributed by atoms with Crippen molar-refractivity contribution >= 4 is 57.5 Å². The van der Waals surface area contributed by atoms with Gasteiger partial charge in [-0.25, -0.2) is 4.98 Å². The van der Waals surface area contributed by atoms with Crippen molar-refractivity contribution in [3.8, 4) is 5.69 Å². The van der Waals surface area contributed by atoms with Gasteiger partial charge in [0.05, 0.1) is 33.1 Å². The molecule has 0 radical (unpaired) electrons. The largest absolute Gasteiger partial charge is 0.324 e. The number of aryl methyl sites for hydroxylation is 1. The molecule has 31 heavy (non-hydrogen) atoms. The van der Waals surface area contributed by atoms with Crippen molar-refractivity contribution in [2.24, 2.45) is 0 Å². The first-order valence-electron chi connectivity index (χ1n) is 9.39. The van der Waals surface area contributed by atoms with Crippen LogP contribution in [0.2, 0.25) is 10.0 Å². The van der Waals surface area contributed by atoms with Crippen LogP contribution in [0.1, 0.15) is 5.56 Å². The lowest BCUT2D eigenvalue weighted by molar-refractivity contribution is -0.113. The molecule has 1 aromatic heterocycles. The molecule has 0 aliphatic carbocycles. The fraction of sp³-hybridized carbons (Fsp3) is 0.0870. The zero-order chi connectivity index (χ0) is 22.0. The molecule has 4 aromatic rings. The number of halogens is 2. The zero-order valence-corrected chi connectivity index (χ0v) is 18.8. The molecule has 3 aromatic carbocycles. The van der Waals surface area contributed by atoms with E-state index in [0.717, 1.165) is 5.56 Å². The van der Waals surface area contributed by atoms with E-state index in [1.54, 1.807) is 54.6 Å². The number of nitrogens with zero attached hydrogens (tertiary/aromatic N) is 2. The Balaban J connectivity index is 1.67. The van der Waals surface area contributed by atoms with E-state index in [-0.39, 0.29) is 17.2 Å². The third-order valence-electron chi connectivity index (χ3n) is 4.54. The second kappa shape index (κ2) is 9.14. The van der Waals surface area contributed by atoms with Gasteiger partial charge in [0, 0.05) is 5.02 Å². The fourth-order valence-electron chi connectivity index (χ4n) is 3.09. The van der Waals surface area contributed by atoms with Gasteiger partial charge in [-0.3, -0.25) is 14.2 Å². The number of nitrogens with one attached hydrogen (secondary N) is 1. The van der Waals surface area contributed by atoms with Crippen LogP contribution in [0.5, 0.6) is 0 Å². The van der Waals surface area contributed by atoms with Crippen molar-refractivity contribution in [1.82, 2.24) is 9.55 Å². The minimum atomic E-state index is -0.254. The summed E-state index contributed by atoms with van der Waals surface area (Å²) in [6.07, 6.45) is 0. The van der Waals surface area contributed by atoms with Gasteiger partial charge in [-0.2, -0.15) is 0 Å². The predicted octanol–water partition coefficient (Wildman–Crippen LogP) is 5.73. The standard InChI is InChI=1S/C23H17Cl2N3O2S/c1-14-9-10-20(18(25)11-14)26-21(29)13-31-23-27-19-8-3-2-7-17(19)22(30)28(23)16-6-4-5-15(24)12-16/h2-12H,13H2,1H3,(H,26,29). The number of amides is 1. The van der Waals surface area contributed by atoms with Crippen molar-refractivity contribution in [2.75, 3.05) is 11.1 Å². The first-order valence-corrected chi connectivity index (χ1v) is 11.1. The summed E-state index contributed by atoms with van der Waals surface area (Å²) < 4.78 is 1.48. The summed E-state index contributed by atoms with van der Waals surface area (Å²) in [5.74, 6) is -0.203. The summed E-state index contributed by atoms with van der Waals surface area (Å²) in [4.78, 5) is 30.4. The van der Waals surface area contributed by atoms with Crippen molar-refractivity contribution in [2.45, 2.75) is 12.1 Å². The third kappa shape index (κ3) is 4.77. The fourth-order valence-corrected chi connectivity index (χ4v) is 4.37. The molecule has 0 fully saturated rings. The number of rotatable bonds is 5. The number of fused-ring (bicyclic) bond motifs is 1. The topological polar surface area (TPSA) is 64.0 Å². The molecule has 8 heteroatoms. The van der Waals surface area contributed by atoms with E-state index in [2.05, 4.69) is 10.3 Å². The molecule has 1 heterocycles. The van der Waals surface area contributed by atoms with Gasteiger partial charge in [0.2, 0.25) is 5.91 Å². The van der Waals surface area contributed by atoms with Gasteiger partial charge in [0.1, 0.15) is 0 Å². The van der Waals surface area contributed by atoms with Gasteiger partial charge < -0.3 is 5.32 Å². The van der Waals surface area contributed by atoms with E-state index in [1.807, 2.05) is 19.1 Å². The van der Waals surface area contributed by atoms with E-state index in [4.69, 9.17) is 23.2 Å². The molecule has 4 rings (SSSR count). The van der Waals surface area contributed by atoms with Gasteiger partial charge >= 0.3 is 0 Å². The molecule has 1 N–H and O–H groups in total. The Morgan fingerprint density at radius 3 is 2.65 bits per heavy atom. The second-order valence-corrected chi connectivity index (χ2v) is 8.64. The monoisotopic (exact) mass is 469 g/mol. The highest BCUT2D eigenvalue weighted by molar-refractivity contribution is 7.99. The molecular formula is C23H17Cl2N3O2S. The summed E-state index contributed by atoms with van der Waals surface area (Å²) in [6.45, 7) is 1.92. The molecule has 0 saturated carbocycles. The highest BCUT2D eigenvalue weighted by Gasteiger charge is 2.15. The van der Waals surface area contributed by atoms with Crippen LogP contribution in [0.4, 0.5) is 5.69 Å². The number of anilines is 1. The Kier molecular flexibility index (Phi) is 6.32. The molecule has 5 nitrogen and oxygen atoms in total. The first-order chi connectivity index (χ1) is 14.9. The quantitative estimate of drug-likeness (QED) is 0.299. The van der Waals surface area contributed by atoms with Gasteiger partial charge in [0.25, 0.3) is 5.56 Å². The second-order valence-electron chi connectivity index (χ2n) is 6.85. The van der Waals surface area contributed by atoms with Crippen molar-refractivity contribution in [1.29, 1.82) is 0 Å². The Hall–Kier alpha value is -2.80. The average molecular weight is 470 g/mol. The normalized spacial score (nSPS) is 10.9. The summed E-state index contributed by atoms with van der Waals surface area (Å²) in [6, 6.07) is 19.5. The predicted molar refractivity (Wildman–Crippen MR) is 128 cm³/mol. The Bertz CT molecular complexity index is 1350. The van der Waals surface area contributed by atoms with Crippen molar-refractivity contribution < 1.29 is 4.79 Å². The zero-order valence-electron chi connectivity index (χ0n) is 16.4. The van der Waals surface area contributed by atoms with Crippen LogP contribution < -0.4 is 10.9 Å². The van der Waals surface area contributed by atoms with Crippen LogP contribution in [0.15, 0.2) is 76.7 Å². The Labute approximate surface area is 193 Å². The minimum absolute atomic E-state index is 0.0511. The number of carbonyl (C=O) groups excluding carboxylic acids is 1. The number of hydrogen-bond donors (Lipinski definition) is 1. The van der Waals surface area contributed by atoms with E-state index in [1.165, 1.54) is 16.3 Å². The summed E-state index contributed by atoms with van der Waals surface area (Å²) in [5.41, 5.74) is 2.47. The van der Waals surface area contributed by atoms with E-state index in [0.29, 0.717) is 37.5 Å². The smallest absolute Gasteiger partial charge is 0.266 e. The van der Waals surface area contributed by atoms with Gasteiger partial charge in [0.15, 0.2) is 5.16 Å². The van der Waals surface area contributed by atoms with Crippen molar-refractivity contribution in [3.05, 3.63) is 92.7 Å². The summed E-state index contributed by atoms with van der Waals surface area (Å²) >= 11 is 13.5. The van der Waals surface area contributed by atoms with Crippen LogP contribution in [0.3, 0.4) is 0 Å². The average Bonchev–Trinajstić information content (AvgIpc) is 2.74. The molecule has 0 aliphatic heterocycles. The molecule has 0 unspecified atom stereocenters. The Morgan fingerprint density at radius 2 is 1.87 bits per heavy atom. The maximum absolute atomic E-state index is 13.2. The van der Waals surface area contributed by atoms with Crippen LogP contribution in [0, 0.1) is 6.92 Å². The molecule has 1 amide bonds.